The molecule has 1 saturated heterocycles. The highest BCUT2D eigenvalue weighted by molar-refractivity contribution is 6.46. The van der Waals surface area contributed by atoms with Crippen molar-refractivity contribution in [3.05, 3.63) is 70.8 Å². The van der Waals surface area contributed by atoms with Crippen molar-refractivity contribution >= 4 is 17.4 Å². The van der Waals surface area contributed by atoms with Gasteiger partial charge in [0.25, 0.3) is 11.7 Å². The fourth-order valence-electron chi connectivity index (χ4n) is 3.61. The molecule has 164 valence electrons. The third kappa shape index (κ3) is 4.97. The molecule has 1 fully saturated rings. The summed E-state index contributed by atoms with van der Waals surface area (Å²) in [5.74, 6) is -0.450. The van der Waals surface area contributed by atoms with Crippen LogP contribution in [0.1, 0.15) is 36.6 Å². The Labute approximate surface area is 183 Å². The number of hydrogen-bond acceptors (Lipinski definition) is 5. The zero-order valence-electron chi connectivity index (χ0n) is 18.4. The molecule has 1 heterocycles. The van der Waals surface area contributed by atoms with Gasteiger partial charge in [-0.2, -0.15) is 0 Å². The van der Waals surface area contributed by atoms with E-state index in [9.17, 15) is 14.7 Å². The summed E-state index contributed by atoms with van der Waals surface area (Å²) >= 11 is 0. The summed E-state index contributed by atoms with van der Waals surface area (Å²) in [5, 5.41) is 11.1. The molecule has 1 aliphatic heterocycles. The van der Waals surface area contributed by atoms with Crippen LogP contribution in [0.15, 0.2) is 54.1 Å². The molecule has 31 heavy (non-hydrogen) atoms. The number of benzene rings is 2. The van der Waals surface area contributed by atoms with E-state index in [1.165, 1.54) is 4.90 Å². The number of carbonyl (C=O) groups is 2. The lowest BCUT2D eigenvalue weighted by Gasteiger charge is -2.25. The summed E-state index contributed by atoms with van der Waals surface area (Å²) in [4.78, 5) is 27.2. The number of carbonyl (C=O) groups excluding carboxylic acids is 2. The van der Waals surface area contributed by atoms with E-state index >= 15 is 0 Å². The summed E-state index contributed by atoms with van der Waals surface area (Å²) in [7, 11) is 1.54. The van der Waals surface area contributed by atoms with Gasteiger partial charge in [-0.1, -0.05) is 43.7 Å². The van der Waals surface area contributed by atoms with Gasteiger partial charge in [0.15, 0.2) is 0 Å². The summed E-state index contributed by atoms with van der Waals surface area (Å²) in [6, 6.07) is 13.8. The van der Waals surface area contributed by atoms with Gasteiger partial charge < -0.3 is 19.5 Å². The van der Waals surface area contributed by atoms with Crippen molar-refractivity contribution in [3.8, 4) is 5.75 Å². The van der Waals surface area contributed by atoms with Gasteiger partial charge >= 0.3 is 0 Å². The smallest absolute Gasteiger partial charge is 0.295 e. The summed E-state index contributed by atoms with van der Waals surface area (Å²) in [6.45, 7) is 7.20. The van der Waals surface area contributed by atoms with Crippen LogP contribution in [0.4, 0.5) is 0 Å². The number of nitrogens with zero attached hydrogens (tertiary/aromatic N) is 1. The highest BCUT2D eigenvalue weighted by Gasteiger charge is 2.45. The largest absolute Gasteiger partial charge is 0.507 e. The number of ketones is 1. The molecular weight excluding hydrogens is 394 g/mol. The molecule has 3 rings (SSSR count). The van der Waals surface area contributed by atoms with Crippen LogP contribution < -0.4 is 4.74 Å². The van der Waals surface area contributed by atoms with E-state index in [0.29, 0.717) is 23.8 Å². The number of aliphatic hydroxyl groups is 1. The lowest BCUT2D eigenvalue weighted by Crippen LogP contribution is -2.32. The highest BCUT2D eigenvalue weighted by atomic mass is 16.5. The normalized spacial score (nSPS) is 18.1. The maximum Gasteiger partial charge on any atom is 0.295 e. The van der Waals surface area contributed by atoms with Gasteiger partial charge in [-0.15, -0.1) is 0 Å². The van der Waals surface area contributed by atoms with Gasteiger partial charge in [-0.3, -0.25) is 9.59 Å². The molecule has 1 N–H and O–H groups in total. The van der Waals surface area contributed by atoms with Crippen molar-refractivity contribution in [3.63, 3.8) is 0 Å². The summed E-state index contributed by atoms with van der Waals surface area (Å²) < 4.78 is 10.8. The fourth-order valence-corrected chi connectivity index (χ4v) is 3.61. The lowest BCUT2D eigenvalue weighted by atomic mass is 9.94. The number of aliphatic hydroxyl groups excluding tert-OH is 1. The molecule has 1 amide bonds. The van der Waals surface area contributed by atoms with Crippen LogP contribution in [0.3, 0.4) is 0 Å². The van der Waals surface area contributed by atoms with Crippen LogP contribution in [-0.2, 0) is 14.3 Å². The summed E-state index contributed by atoms with van der Waals surface area (Å²) in [6.07, 6.45) is 0. The van der Waals surface area contributed by atoms with Crippen molar-refractivity contribution in [2.24, 2.45) is 5.92 Å². The third-order valence-electron chi connectivity index (χ3n) is 5.15. The highest BCUT2D eigenvalue weighted by Crippen LogP contribution is 2.39. The number of likely N-dealkylation sites (tertiary alicyclic amines) is 1. The molecule has 1 aliphatic rings. The first-order valence-electron chi connectivity index (χ1n) is 10.4. The number of hydrogen-bond donors (Lipinski definition) is 1. The van der Waals surface area contributed by atoms with Crippen LogP contribution >= 0.6 is 0 Å². The number of methoxy groups -OCH3 is 1. The number of amides is 1. The Kier molecular flexibility index (Phi) is 7.13. The molecule has 0 saturated carbocycles. The standard InChI is InChI=1S/C25H29NO5/c1-16(2)15-31-20-10-8-18(9-11-20)23(27)21-22(19-7-5-6-17(3)14-19)26(12-13-30-4)25(29)24(21)28/h5-11,14,16,22,27H,12-13,15H2,1-4H3/b23-21-. The second kappa shape index (κ2) is 9.79. The zero-order valence-corrected chi connectivity index (χ0v) is 18.4. The van der Waals surface area contributed by atoms with Crippen LogP contribution in [-0.4, -0.2) is 48.6 Å². The Morgan fingerprint density at radius 1 is 1.13 bits per heavy atom. The SMILES string of the molecule is COCCN1C(=O)C(=O)/C(=C(\O)c2ccc(OCC(C)C)cc2)C1c1cccc(C)c1. The maximum absolute atomic E-state index is 12.9. The van der Waals surface area contributed by atoms with Crippen LogP contribution in [0, 0.1) is 12.8 Å². The first-order chi connectivity index (χ1) is 14.8. The van der Waals surface area contributed by atoms with Gasteiger partial charge in [0, 0.05) is 19.2 Å². The van der Waals surface area contributed by atoms with Crippen LogP contribution in [0.2, 0.25) is 0 Å². The van der Waals surface area contributed by atoms with Crippen molar-refractivity contribution in [1.29, 1.82) is 0 Å². The monoisotopic (exact) mass is 423 g/mol. The second-order valence-corrected chi connectivity index (χ2v) is 8.13. The Balaban J connectivity index is 2.03. The van der Waals surface area contributed by atoms with E-state index in [2.05, 4.69) is 13.8 Å². The van der Waals surface area contributed by atoms with Crippen molar-refractivity contribution in [2.45, 2.75) is 26.8 Å². The Morgan fingerprint density at radius 3 is 2.45 bits per heavy atom. The average Bonchev–Trinajstić information content (AvgIpc) is 3.01. The molecule has 0 aliphatic carbocycles. The molecule has 2 aromatic carbocycles. The first-order valence-corrected chi connectivity index (χ1v) is 10.4. The predicted octanol–water partition coefficient (Wildman–Crippen LogP) is 4.10. The van der Waals surface area contributed by atoms with E-state index in [-0.39, 0.29) is 24.5 Å². The van der Waals surface area contributed by atoms with E-state index < -0.39 is 17.7 Å². The van der Waals surface area contributed by atoms with E-state index in [4.69, 9.17) is 9.47 Å². The predicted molar refractivity (Wildman–Crippen MR) is 119 cm³/mol. The minimum absolute atomic E-state index is 0.0857. The van der Waals surface area contributed by atoms with E-state index in [0.717, 1.165) is 11.1 Å². The first kappa shape index (κ1) is 22.6. The molecule has 0 aromatic heterocycles. The van der Waals surface area contributed by atoms with Crippen molar-refractivity contribution in [2.75, 3.05) is 26.9 Å². The molecule has 6 heteroatoms. The van der Waals surface area contributed by atoms with Crippen LogP contribution in [0.5, 0.6) is 5.75 Å². The molecule has 1 atom stereocenters. The van der Waals surface area contributed by atoms with Crippen LogP contribution in [0.25, 0.3) is 5.76 Å². The number of aryl methyl sites for hydroxylation is 1. The quantitative estimate of drug-likeness (QED) is 0.393. The van der Waals surface area contributed by atoms with E-state index in [1.807, 2.05) is 31.2 Å². The Bertz CT molecular complexity index is 978. The third-order valence-corrected chi connectivity index (χ3v) is 5.15. The topological polar surface area (TPSA) is 76.1 Å². The Morgan fingerprint density at radius 2 is 1.84 bits per heavy atom. The number of rotatable bonds is 8. The number of ether oxygens (including phenoxy) is 2. The number of Topliss-reactive ketones (excluding diaryl/α,β-unsaturated/α-hetero) is 1. The lowest BCUT2D eigenvalue weighted by molar-refractivity contribution is -0.140. The van der Waals surface area contributed by atoms with Gasteiger partial charge in [0.05, 0.1) is 24.8 Å². The molecule has 0 radical (unpaired) electrons. The molecule has 1 unspecified atom stereocenters. The molecule has 2 aromatic rings. The fraction of sp³-hybridized carbons (Fsp3) is 0.360. The minimum Gasteiger partial charge on any atom is -0.507 e. The molecule has 6 nitrogen and oxygen atoms in total. The van der Waals surface area contributed by atoms with Crippen molar-refractivity contribution < 1.29 is 24.2 Å². The Hall–Kier alpha value is -3.12. The van der Waals surface area contributed by atoms with Gasteiger partial charge in [-0.25, -0.2) is 0 Å². The molecule has 0 bridgehead atoms. The van der Waals surface area contributed by atoms with E-state index in [1.54, 1.807) is 31.4 Å². The van der Waals surface area contributed by atoms with Gasteiger partial charge in [0.2, 0.25) is 0 Å². The molecule has 0 spiro atoms. The minimum atomic E-state index is -0.694. The van der Waals surface area contributed by atoms with Gasteiger partial charge in [-0.05, 0) is 42.7 Å². The summed E-state index contributed by atoms with van der Waals surface area (Å²) in [5.41, 5.74) is 2.32. The molecular formula is C25H29NO5. The van der Waals surface area contributed by atoms with Gasteiger partial charge in [0.1, 0.15) is 11.5 Å². The average molecular weight is 424 g/mol. The van der Waals surface area contributed by atoms with Crippen molar-refractivity contribution in [1.82, 2.24) is 4.90 Å². The second-order valence-electron chi connectivity index (χ2n) is 8.13. The maximum atomic E-state index is 12.9. The zero-order chi connectivity index (χ0) is 22.5.